The fourth-order valence-corrected chi connectivity index (χ4v) is 2.27. The summed E-state index contributed by atoms with van der Waals surface area (Å²) < 4.78 is 15.3. The van der Waals surface area contributed by atoms with Gasteiger partial charge in [0.2, 0.25) is 0 Å². The van der Waals surface area contributed by atoms with Crippen LogP contribution < -0.4 is 10.6 Å². The molecule has 23 heavy (non-hydrogen) atoms. The van der Waals surface area contributed by atoms with E-state index in [1.54, 1.807) is 36.1 Å². The van der Waals surface area contributed by atoms with Gasteiger partial charge in [0.15, 0.2) is 0 Å². The van der Waals surface area contributed by atoms with Gasteiger partial charge in [-0.05, 0) is 24.1 Å². The number of carbonyl (C=O) groups excluding carboxylic acids is 1. The molecule has 0 fully saturated rings. The Labute approximate surface area is 134 Å². The topological polar surface area (TPSA) is 79.2 Å². The number of aliphatic hydroxyl groups is 1. The summed E-state index contributed by atoms with van der Waals surface area (Å²) in [6, 6.07) is 4.66. The largest absolute Gasteiger partial charge is 0.394 e. The van der Waals surface area contributed by atoms with Crippen LogP contribution in [-0.4, -0.2) is 33.3 Å². The zero-order chi connectivity index (χ0) is 16.8. The van der Waals surface area contributed by atoms with Crippen LogP contribution in [0.1, 0.15) is 30.8 Å². The molecule has 0 aliphatic carbocycles. The molecule has 7 heteroatoms. The zero-order valence-electron chi connectivity index (χ0n) is 13.2. The van der Waals surface area contributed by atoms with Crippen molar-refractivity contribution in [1.29, 1.82) is 0 Å². The van der Waals surface area contributed by atoms with Crippen molar-refractivity contribution in [2.75, 3.05) is 6.61 Å². The summed E-state index contributed by atoms with van der Waals surface area (Å²) in [6.07, 6.45) is 3.98. The molecule has 0 saturated carbocycles. The van der Waals surface area contributed by atoms with Gasteiger partial charge < -0.3 is 20.3 Å². The van der Waals surface area contributed by atoms with E-state index in [2.05, 4.69) is 15.6 Å². The van der Waals surface area contributed by atoms with Crippen LogP contribution in [-0.2, 0) is 7.05 Å². The first-order valence-corrected chi connectivity index (χ1v) is 7.45. The summed E-state index contributed by atoms with van der Waals surface area (Å²) in [7, 11) is 1.80. The van der Waals surface area contributed by atoms with Crippen LogP contribution in [0.2, 0.25) is 0 Å². The number of nitrogens with zero attached hydrogens (tertiary/aromatic N) is 2. The van der Waals surface area contributed by atoms with Crippen molar-refractivity contribution < 1.29 is 14.3 Å². The van der Waals surface area contributed by atoms with E-state index in [1.807, 2.05) is 6.92 Å². The molecule has 0 spiro atoms. The third-order valence-electron chi connectivity index (χ3n) is 3.62. The van der Waals surface area contributed by atoms with E-state index >= 15 is 0 Å². The smallest absolute Gasteiger partial charge is 0.315 e. The van der Waals surface area contributed by atoms with E-state index in [0.717, 1.165) is 0 Å². The van der Waals surface area contributed by atoms with Gasteiger partial charge in [-0.25, -0.2) is 14.2 Å². The first kappa shape index (κ1) is 17.0. The van der Waals surface area contributed by atoms with Crippen LogP contribution >= 0.6 is 0 Å². The van der Waals surface area contributed by atoms with Gasteiger partial charge in [-0.3, -0.25) is 0 Å². The molecule has 1 aromatic heterocycles. The van der Waals surface area contributed by atoms with Crippen molar-refractivity contribution in [2.24, 2.45) is 7.05 Å². The maximum absolute atomic E-state index is 13.5. The van der Waals surface area contributed by atoms with Crippen LogP contribution in [0.5, 0.6) is 0 Å². The molecule has 0 radical (unpaired) electrons. The van der Waals surface area contributed by atoms with Crippen molar-refractivity contribution in [2.45, 2.75) is 25.4 Å². The Morgan fingerprint density at radius 2 is 2.22 bits per heavy atom. The Balaban J connectivity index is 2.25. The van der Waals surface area contributed by atoms with Crippen molar-refractivity contribution in [3.05, 3.63) is 53.9 Å². The lowest BCUT2D eigenvalue weighted by molar-refractivity contribution is 0.212. The number of halogens is 1. The fourth-order valence-electron chi connectivity index (χ4n) is 2.27. The molecule has 6 nitrogen and oxygen atoms in total. The average molecular weight is 320 g/mol. The molecule has 0 bridgehead atoms. The number of imidazole rings is 1. The molecule has 0 aliphatic rings. The molecule has 2 atom stereocenters. The highest BCUT2D eigenvalue weighted by Gasteiger charge is 2.22. The standard InChI is InChI=1S/C16H21FN4O2/c1-3-13(10-22)19-16(23)20-14(15-18-7-8-21(15)2)11-5-4-6-12(17)9-11/h4-9,13-14,22H,3,10H2,1-2H3,(H2,19,20,23)/t13-,14+/m1/s1. The predicted molar refractivity (Wildman–Crippen MR) is 84.3 cm³/mol. The minimum absolute atomic E-state index is 0.142. The molecule has 0 saturated heterocycles. The summed E-state index contributed by atoms with van der Waals surface area (Å²) >= 11 is 0. The maximum Gasteiger partial charge on any atom is 0.315 e. The third kappa shape index (κ3) is 4.29. The number of nitrogens with one attached hydrogen (secondary N) is 2. The summed E-state index contributed by atoms with van der Waals surface area (Å²) in [5.41, 5.74) is 0.589. The Morgan fingerprint density at radius 1 is 1.43 bits per heavy atom. The highest BCUT2D eigenvalue weighted by molar-refractivity contribution is 5.75. The Hall–Kier alpha value is -2.41. The second-order valence-electron chi connectivity index (χ2n) is 5.29. The third-order valence-corrected chi connectivity index (χ3v) is 3.62. The van der Waals surface area contributed by atoms with Crippen LogP contribution in [0.15, 0.2) is 36.7 Å². The number of aryl methyl sites for hydroxylation is 1. The molecular weight excluding hydrogens is 299 g/mol. The Morgan fingerprint density at radius 3 is 2.78 bits per heavy atom. The minimum atomic E-state index is -0.595. The van der Waals surface area contributed by atoms with E-state index in [1.165, 1.54) is 12.1 Å². The van der Waals surface area contributed by atoms with Crippen molar-refractivity contribution in [3.63, 3.8) is 0 Å². The van der Waals surface area contributed by atoms with Crippen LogP contribution in [0.4, 0.5) is 9.18 Å². The fraction of sp³-hybridized carbons (Fsp3) is 0.375. The van der Waals surface area contributed by atoms with Crippen molar-refractivity contribution in [3.8, 4) is 0 Å². The lowest BCUT2D eigenvalue weighted by Crippen LogP contribution is -2.45. The summed E-state index contributed by atoms with van der Waals surface area (Å²) in [4.78, 5) is 16.4. The van der Waals surface area contributed by atoms with E-state index < -0.39 is 12.1 Å². The molecule has 2 rings (SSSR count). The number of amides is 2. The highest BCUT2D eigenvalue weighted by atomic mass is 19.1. The van der Waals surface area contributed by atoms with Gasteiger partial charge >= 0.3 is 6.03 Å². The van der Waals surface area contributed by atoms with Gasteiger partial charge in [0.1, 0.15) is 17.7 Å². The van der Waals surface area contributed by atoms with Gasteiger partial charge in [0, 0.05) is 19.4 Å². The summed E-state index contributed by atoms with van der Waals surface area (Å²) in [5, 5.41) is 14.7. The maximum atomic E-state index is 13.5. The number of benzene rings is 1. The molecule has 2 aromatic rings. The lowest BCUT2D eigenvalue weighted by atomic mass is 10.1. The van der Waals surface area contributed by atoms with E-state index in [-0.39, 0.29) is 18.5 Å². The second kappa shape index (κ2) is 7.73. The van der Waals surface area contributed by atoms with Crippen LogP contribution in [0.25, 0.3) is 0 Å². The van der Waals surface area contributed by atoms with Gasteiger partial charge in [0.25, 0.3) is 0 Å². The predicted octanol–water partition coefficient (Wildman–Crippen LogP) is 1.72. The Bertz CT molecular complexity index is 655. The van der Waals surface area contributed by atoms with Crippen LogP contribution in [0.3, 0.4) is 0 Å². The second-order valence-corrected chi connectivity index (χ2v) is 5.29. The van der Waals surface area contributed by atoms with Crippen molar-refractivity contribution >= 4 is 6.03 Å². The number of rotatable bonds is 6. The quantitative estimate of drug-likeness (QED) is 0.758. The van der Waals surface area contributed by atoms with Gasteiger partial charge in [-0.2, -0.15) is 0 Å². The van der Waals surface area contributed by atoms with Gasteiger partial charge in [0.05, 0.1) is 12.6 Å². The molecule has 1 heterocycles. The first-order valence-electron chi connectivity index (χ1n) is 7.45. The first-order chi connectivity index (χ1) is 11.0. The van der Waals surface area contributed by atoms with Gasteiger partial charge in [-0.1, -0.05) is 19.1 Å². The number of hydrogen-bond acceptors (Lipinski definition) is 3. The minimum Gasteiger partial charge on any atom is -0.394 e. The normalized spacial score (nSPS) is 13.4. The Kier molecular flexibility index (Phi) is 5.70. The molecule has 2 amide bonds. The molecule has 3 N–H and O–H groups in total. The number of hydrogen-bond donors (Lipinski definition) is 3. The zero-order valence-corrected chi connectivity index (χ0v) is 13.2. The van der Waals surface area contributed by atoms with Crippen LogP contribution in [0, 0.1) is 5.82 Å². The lowest BCUT2D eigenvalue weighted by Gasteiger charge is -2.21. The molecular formula is C16H21FN4O2. The van der Waals surface area contributed by atoms with Gasteiger partial charge in [-0.15, -0.1) is 0 Å². The number of carbonyl (C=O) groups is 1. The monoisotopic (exact) mass is 320 g/mol. The molecule has 0 unspecified atom stereocenters. The summed E-state index contributed by atoms with van der Waals surface area (Å²) in [6.45, 7) is 1.72. The van der Waals surface area contributed by atoms with E-state index in [9.17, 15) is 14.3 Å². The molecule has 0 aliphatic heterocycles. The highest BCUT2D eigenvalue weighted by Crippen LogP contribution is 2.21. The molecule has 1 aromatic carbocycles. The number of aliphatic hydroxyl groups excluding tert-OH is 1. The van der Waals surface area contributed by atoms with Crippen molar-refractivity contribution in [1.82, 2.24) is 20.2 Å². The molecule has 124 valence electrons. The van der Waals surface area contributed by atoms with E-state index in [0.29, 0.717) is 17.8 Å². The average Bonchev–Trinajstić information content (AvgIpc) is 2.96. The number of urea groups is 1. The van der Waals surface area contributed by atoms with E-state index in [4.69, 9.17) is 0 Å². The summed E-state index contributed by atoms with van der Waals surface area (Å²) in [5.74, 6) is 0.202. The SMILES string of the molecule is CC[C@H](CO)NC(=O)N[C@@H](c1cccc(F)c1)c1nccn1C. The number of aromatic nitrogens is 2.